The van der Waals surface area contributed by atoms with Crippen LogP contribution in [0, 0.1) is 5.92 Å². The molecule has 1 aliphatic rings. The fraction of sp³-hybridized carbons (Fsp3) is 0.417. The number of ether oxygens (including phenoxy) is 1. The molecule has 1 atom stereocenters. The molecule has 1 aliphatic carbocycles. The minimum absolute atomic E-state index is 0.122. The van der Waals surface area contributed by atoms with Crippen molar-refractivity contribution in [2.75, 3.05) is 11.5 Å². The van der Waals surface area contributed by atoms with Gasteiger partial charge >= 0.3 is 0 Å². The molecule has 3 rings (SSSR count). The lowest BCUT2D eigenvalue weighted by molar-refractivity contribution is -0.130. The predicted octanol–water partition coefficient (Wildman–Crippen LogP) is 4.10. The zero-order chi connectivity index (χ0) is 20.6. The molecule has 5 nitrogen and oxygen atoms in total. The van der Waals surface area contributed by atoms with Crippen LogP contribution in [0.5, 0.6) is 5.75 Å². The van der Waals surface area contributed by atoms with Gasteiger partial charge in [0.25, 0.3) is 5.91 Å². The molecule has 0 radical (unpaired) electrons. The van der Waals surface area contributed by atoms with E-state index in [1.165, 1.54) is 4.90 Å². The lowest BCUT2D eigenvalue weighted by atomic mass is 9.88. The van der Waals surface area contributed by atoms with Crippen LogP contribution in [0.25, 0.3) is 0 Å². The molecule has 1 saturated carbocycles. The van der Waals surface area contributed by atoms with E-state index in [2.05, 4.69) is 0 Å². The Morgan fingerprint density at radius 2 is 1.69 bits per heavy atom. The lowest BCUT2D eigenvalue weighted by Crippen LogP contribution is -2.50. The number of nitrogens with two attached hydrogens (primary N) is 1. The van der Waals surface area contributed by atoms with E-state index in [4.69, 9.17) is 10.5 Å². The predicted molar refractivity (Wildman–Crippen MR) is 115 cm³/mol. The standard InChI is InChI=1S/C24H30N2O3/c1-2-29-21-15-13-20(14-16-21)26(23(27)19-11-7-4-8-12-19)24(28)22(25)17-18-9-5-3-6-10-18/h3,5-6,9-10,13-16,19,22H,2,4,7-8,11-12,17,25H2,1H3. The maximum Gasteiger partial charge on any atom is 0.251 e. The summed E-state index contributed by atoms with van der Waals surface area (Å²) in [5, 5.41) is 0. The smallest absolute Gasteiger partial charge is 0.251 e. The monoisotopic (exact) mass is 394 g/mol. The molecule has 0 aliphatic heterocycles. The largest absolute Gasteiger partial charge is 0.494 e. The van der Waals surface area contributed by atoms with Crippen LogP contribution in [0.15, 0.2) is 54.6 Å². The number of anilines is 1. The van der Waals surface area contributed by atoms with Gasteiger partial charge in [0, 0.05) is 5.92 Å². The van der Waals surface area contributed by atoms with Crippen molar-refractivity contribution in [3.05, 3.63) is 60.2 Å². The molecule has 154 valence electrons. The molecule has 29 heavy (non-hydrogen) atoms. The summed E-state index contributed by atoms with van der Waals surface area (Å²) in [6.07, 6.45) is 5.25. The number of hydrogen-bond donors (Lipinski definition) is 1. The topological polar surface area (TPSA) is 72.6 Å². The second-order valence-electron chi connectivity index (χ2n) is 7.57. The lowest BCUT2D eigenvalue weighted by Gasteiger charge is -2.30. The first-order valence-electron chi connectivity index (χ1n) is 10.5. The van der Waals surface area contributed by atoms with Crippen molar-refractivity contribution in [3.8, 4) is 5.75 Å². The summed E-state index contributed by atoms with van der Waals surface area (Å²) in [6, 6.07) is 16.0. The molecule has 0 spiro atoms. The highest BCUT2D eigenvalue weighted by Crippen LogP contribution is 2.29. The van der Waals surface area contributed by atoms with E-state index in [1.807, 2.05) is 37.3 Å². The number of benzene rings is 2. The van der Waals surface area contributed by atoms with E-state index in [0.717, 1.165) is 37.7 Å². The molecule has 0 bridgehead atoms. The summed E-state index contributed by atoms with van der Waals surface area (Å²) in [5.41, 5.74) is 7.79. The van der Waals surface area contributed by atoms with Gasteiger partial charge in [-0.2, -0.15) is 0 Å². The number of carbonyl (C=O) groups excluding carboxylic acids is 2. The molecule has 2 amide bonds. The molecular formula is C24H30N2O3. The SMILES string of the molecule is CCOc1ccc(N(C(=O)C(N)Cc2ccccc2)C(=O)C2CCCCC2)cc1. The van der Waals surface area contributed by atoms with Gasteiger partial charge in [-0.15, -0.1) is 0 Å². The first kappa shape index (κ1) is 21.1. The van der Waals surface area contributed by atoms with Crippen molar-refractivity contribution in [1.29, 1.82) is 0 Å². The summed E-state index contributed by atoms with van der Waals surface area (Å²) in [5.74, 6) is 0.0986. The van der Waals surface area contributed by atoms with Crippen LogP contribution in [0.2, 0.25) is 0 Å². The Morgan fingerprint density at radius 3 is 2.31 bits per heavy atom. The van der Waals surface area contributed by atoms with Gasteiger partial charge in [0.1, 0.15) is 5.75 Å². The van der Waals surface area contributed by atoms with Gasteiger partial charge in [-0.3, -0.25) is 9.59 Å². The Hall–Kier alpha value is -2.66. The Bertz CT molecular complexity index is 799. The third-order valence-electron chi connectivity index (χ3n) is 5.42. The summed E-state index contributed by atoms with van der Waals surface area (Å²) < 4.78 is 5.49. The molecule has 2 aromatic rings. The van der Waals surface area contributed by atoms with Crippen LogP contribution in [0.1, 0.15) is 44.6 Å². The number of amides is 2. The summed E-state index contributed by atoms with van der Waals surface area (Å²) >= 11 is 0. The van der Waals surface area contributed by atoms with Crippen molar-refractivity contribution in [3.63, 3.8) is 0 Å². The molecule has 1 fully saturated rings. The minimum atomic E-state index is -0.781. The van der Waals surface area contributed by atoms with E-state index < -0.39 is 6.04 Å². The summed E-state index contributed by atoms with van der Waals surface area (Å²) in [6.45, 7) is 2.48. The Labute approximate surface area is 172 Å². The van der Waals surface area contributed by atoms with E-state index >= 15 is 0 Å². The van der Waals surface area contributed by atoms with Gasteiger partial charge in [0.15, 0.2) is 0 Å². The second kappa shape index (κ2) is 10.2. The Kier molecular flexibility index (Phi) is 7.42. The zero-order valence-electron chi connectivity index (χ0n) is 17.0. The van der Waals surface area contributed by atoms with Gasteiger partial charge in [0.05, 0.1) is 18.3 Å². The quantitative estimate of drug-likeness (QED) is 0.767. The van der Waals surface area contributed by atoms with Gasteiger partial charge in [-0.05, 0) is 56.0 Å². The highest BCUT2D eigenvalue weighted by molar-refractivity contribution is 6.17. The first-order valence-corrected chi connectivity index (χ1v) is 10.5. The maximum atomic E-state index is 13.3. The number of carbonyl (C=O) groups is 2. The van der Waals surface area contributed by atoms with E-state index in [1.54, 1.807) is 24.3 Å². The number of rotatable bonds is 7. The van der Waals surface area contributed by atoms with Crippen molar-refractivity contribution >= 4 is 17.5 Å². The number of imide groups is 1. The van der Waals surface area contributed by atoms with E-state index in [0.29, 0.717) is 24.5 Å². The molecular weight excluding hydrogens is 364 g/mol. The Morgan fingerprint density at radius 1 is 1.03 bits per heavy atom. The zero-order valence-corrected chi connectivity index (χ0v) is 17.0. The van der Waals surface area contributed by atoms with Crippen molar-refractivity contribution in [2.24, 2.45) is 11.7 Å². The number of hydrogen-bond acceptors (Lipinski definition) is 4. The molecule has 0 aromatic heterocycles. The van der Waals surface area contributed by atoms with Crippen LogP contribution in [0.4, 0.5) is 5.69 Å². The van der Waals surface area contributed by atoms with Gasteiger partial charge in [-0.1, -0.05) is 49.6 Å². The molecule has 0 saturated heterocycles. The molecule has 0 heterocycles. The third kappa shape index (κ3) is 5.45. The van der Waals surface area contributed by atoms with Gasteiger partial charge in [-0.25, -0.2) is 4.90 Å². The fourth-order valence-electron chi connectivity index (χ4n) is 3.87. The molecule has 2 aromatic carbocycles. The van der Waals surface area contributed by atoms with Crippen molar-refractivity contribution in [2.45, 2.75) is 51.5 Å². The fourth-order valence-corrected chi connectivity index (χ4v) is 3.87. The van der Waals surface area contributed by atoms with Crippen molar-refractivity contribution < 1.29 is 14.3 Å². The van der Waals surface area contributed by atoms with E-state index in [9.17, 15) is 9.59 Å². The van der Waals surface area contributed by atoms with E-state index in [-0.39, 0.29) is 17.7 Å². The van der Waals surface area contributed by atoms with Crippen LogP contribution in [-0.2, 0) is 16.0 Å². The number of nitrogens with zero attached hydrogens (tertiary/aromatic N) is 1. The van der Waals surface area contributed by atoms with Crippen LogP contribution in [-0.4, -0.2) is 24.5 Å². The normalized spacial score (nSPS) is 15.5. The van der Waals surface area contributed by atoms with Gasteiger partial charge in [0.2, 0.25) is 5.91 Å². The summed E-state index contributed by atoms with van der Waals surface area (Å²) in [4.78, 5) is 27.9. The second-order valence-corrected chi connectivity index (χ2v) is 7.57. The van der Waals surface area contributed by atoms with Crippen LogP contribution < -0.4 is 15.4 Å². The molecule has 5 heteroatoms. The highest BCUT2D eigenvalue weighted by Gasteiger charge is 2.33. The Balaban J connectivity index is 1.84. The first-order chi connectivity index (χ1) is 14.1. The summed E-state index contributed by atoms with van der Waals surface area (Å²) in [7, 11) is 0. The minimum Gasteiger partial charge on any atom is -0.494 e. The molecule has 2 N–H and O–H groups in total. The van der Waals surface area contributed by atoms with Gasteiger partial charge < -0.3 is 10.5 Å². The molecule has 1 unspecified atom stereocenters. The third-order valence-corrected chi connectivity index (χ3v) is 5.42. The van der Waals surface area contributed by atoms with Crippen LogP contribution >= 0.6 is 0 Å². The van der Waals surface area contributed by atoms with Crippen LogP contribution in [0.3, 0.4) is 0 Å². The average molecular weight is 395 g/mol. The maximum absolute atomic E-state index is 13.3. The van der Waals surface area contributed by atoms with Crippen molar-refractivity contribution in [1.82, 2.24) is 0 Å². The highest BCUT2D eigenvalue weighted by atomic mass is 16.5. The average Bonchev–Trinajstić information content (AvgIpc) is 2.76.